The van der Waals surface area contributed by atoms with Crippen molar-refractivity contribution in [2.45, 2.75) is 0 Å². The van der Waals surface area contributed by atoms with E-state index in [1.54, 1.807) is 0 Å². The highest BCUT2D eigenvalue weighted by Crippen LogP contribution is 2.28. The molecule has 0 atom stereocenters. The molecule has 0 unspecified atom stereocenters. The molecule has 26 heavy (non-hydrogen) atoms. The predicted molar refractivity (Wildman–Crippen MR) is 108 cm³/mol. The third-order valence-corrected chi connectivity index (χ3v) is 4.62. The van der Waals surface area contributed by atoms with Crippen LogP contribution in [0.1, 0.15) is 0 Å². The number of aromatic nitrogens is 1. The van der Waals surface area contributed by atoms with E-state index in [-0.39, 0.29) is 0 Å². The van der Waals surface area contributed by atoms with Gasteiger partial charge in [0.15, 0.2) is 5.58 Å². The smallest absolute Gasteiger partial charge is 0.227 e. The Balaban J connectivity index is 1.52. The maximum absolute atomic E-state index is 5.86. The van der Waals surface area contributed by atoms with Gasteiger partial charge in [0.25, 0.3) is 0 Å². The van der Waals surface area contributed by atoms with Gasteiger partial charge in [0, 0.05) is 5.56 Å². The summed E-state index contributed by atoms with van der Waals surface area (Å²) in [5.74, 6) is 0.645. The van der Waals surface area contributed by atoms with Gasteiger partial charge in [-0.3, -0.25) is 0 Å². The van der Waals surface area contributed by atoms with Crippen molar-refractivity contribution in [1.82, 2.24) is 4.98 Å². The molecular weight excluding hydrogens is 317 g/mol. The Kier molecular flexibility index (Phi) is 3.39. The number of fused-ring (bicyclic) bond motifs is 2. The van der Waals surface area contributed by atoms with Crippen LogP contribution in [0.25, 0.3) is 44.5 Å². The van der Waals surface area contributed by atoms with E-state index < -0.39 is 0 Å². The third kappa shape index (κ3) is 2.58. The van der Waals surface area contributed by atoms with Gasteiger partial charge in [-0.1, -0.05) is 60.1 Å². The Morgan fingerprint density at radius 1 is 0.654 bits per heavy atom. The Labute approximate surface area is 152 Å². The van der Waals surface area contributed by atoms with E-state index in [4.69, 9.17) is 12.3 Å². The van der Waals surface area contributed by atoms with Gasteiger partial charge in [-0.25, -0.2) is 4.98 Å². The second-order valence-corrected chi connectivity index (χ2v) is 6.39. The van der Waals surface area contributed by atoms with Gasteiger partial charge in [0.2, 0.25) is 5.89 Å². The van der Waals surface area contributed by atoms with Gasteiger partial charge in [0.1, 0.15) is 13.4 Å². The van der Waals surface area contributed by atoms with Gasteiger partial charge in [-0.2, -0.15) is 0 Å². The van der Waals surface area contributed by atoms with Gasteiger partial charge in [0.05, 0.1) is 0 Å². The first kappa shape index (κ1) is 15.0. The van der Waals surface area contributed by atoms with Gasteiger partial charge in [-0.15, -0.1) is 0 Å². The summed E-state index contributed by atoms with van der Waals surface area (Å²) in [7, 11) is 5.86. The van der Waals surface area contributed by atoms with Gasteiger partial charge >= 0.3 is 0 Å². The first-order chi connectivity index (χ1) is 12.8. The maximum Gasteiger partial charge on any atom is 0.227 e. The van der Waals surface area contributed by atoms with Gasteiger partial charge in [-0.05, 0) is 52.2 Å². The summed E-state index contributed by atoms with van der Waals surface area (Å²) in [5, 5.41) is 2.33. The molecular formula is C23H14BNO. The van der Waals surface area contributed by atoms with Crippen LogP contribution in [0.3, 0.4) is 0 Å². The lowest BCUT2D eigenvalue weighted by Gasteiger charge is -2.06. The molecule has 2 radical (unpaired) electrons. The molecule has 5 rings (SSSR count). The largest absolute Gasteiger partial charge is 0.436 e. The number of hydrogen-bond acceptors (Lipinski definition) is 2. The van der Waals surface area contributed by atoms with Crippen molar-refractivity contribution in [1.29, 1.82) is 0 Å². The molecule has 0 amide bonds. The van der Waals surface area contributed by atoms with E-state index in [9.17, 15) is 0 Å². The van der Waals surface area contributed by atoms with Crippen molar-refractivity contribution in [3.05, 3.63) is 84.9 Å². The van der Waals surface area contributed by atoms with E-state index in [0.29, 0.717) is 5.89 Å². The summed E-state index contributed by atoms with van der Waals surface area (Å²) >= 11 is 0. The lowest BCUT2D eigenvalue weighted by molar-refractivity contribution is 0.620. The molecule has 0 aliphatic rings. The molecule has 0 bridgehead atoms. The van der Waals surface area contributed by atoms with Gasteiger partial charge < -0.3 is 4.42 Å². The number of rotatable bonds is 2. The number of nitrogens with zero attached hydrogens (tertiary/aromatic N) is 1. The molecule has 0 fully saturated rings. The number of benzene rings is 4. The molecule has 5 aromatic rings. The second kappa shape index (κ2) is 5.89. The lowest BCUT2D eigenvalue weighted by Crippen LogP contribution is -1.99. The highest BCUT2D eigenvalue weighted by Gasteiger charge is 2.08. The van der Waals surface area contributed by atoms with E-state index in [1.807, 2.05) is 48.5 Å². The Morgan fingerprint density at radius 2 is 1.35 bits per heavy atom. The summed E-state index contributed by atoms with van der Waals surface area (Å²) in [6, 6.07) is 28.5. The molecule has 3 heteroatoms. The minimum Gasteiger partial charge on any atom is -0.436 e. The summed E-state index contributed by atoms with van der Waals surface area (Å²) < 4.78 is 5.85. The summed E-state index contributed by atoms with van der Waals surface area (Å²) in [5.41, 5.74) is 5.77. The van der Waals surface area contributed by atoms with Crippen LogP contribution in [0, 0.1) is 0 Å². The highest BCUT2D eigenvalue weighted by atomic mass is 16.3. The fraction of sp³-hybridized carbons (Fsp3) is 0. The SMILES string of the molecule is [B]c1ccc2cc(-c3ccc(-c4nc5ccccc5o4)cc3)ccc2c1. The molecule has 1 heterocycles. The molecule has 120 valence electrons. The van der Waals surface area contributed by atoms with Crippen LogP contribution in [0.4, 0.5) is 0 Å². The minimum absolute atomic E-state index is 0.645. The predicted octanol–water partition coefficient (Wildman–Crippen LogP) is 5.11. The summed E-state index contributed by atoms with van der Waals surface area (Å²) in [6.45, 7) is 0. The van der Waals surface area contributed by atoms with Crippen LogP contribution >= 0.6 is 0 Å². The van der Waals surface area contributed by atoms with Crippen LogP contribution < -0.4 is 5.46 Å². The molecule has 0 aliphatic carbocycles. The van der Waals surface area contributed by atoms with E-state index in [0.717, 1.165) is 33.1 Å². The van der Waals surface area contributed by atoms with E-state index in [2.05, 4.69) is 41.4 Å². The molecule has 0 saturated carbocycles. The molecule has 0 aliphatic heterocycles. The van der Waals surface area contributed by atoms with Crippen LogP contribution in [-0.2, 0) is 0 Å². The maximum atomic E-state index is 5.86. The molecule has 2 nitrogen and oxygen atoms in total. The van der Waals surface area contributed by atoms with Crippen molar-refractivity contribution in [3.63, 3.8) is 0 Å². The van der Waals surface area contributed by atoms with Crippen molar-refractivity contribution < 1.29 is 4.42 Å². The normalized spacial score (nSPS) is 11.2. The third-order valence-electron chi connectivity index (χ3n) is 4.62. The fourth-order valence-electron chi connectivity index (χ4n) is 3.24. The molecule has 1 aromatic heterocycles. The Morgan fingerprint density at radius 3 is 2.19 bits per heavy atom. The number of oxazole rings is 1. The van der Waals surface area contributed by atoms with E-state index in [1.165, 1.54) is 10.9 Å². The Hall–Kier alpha value is -3.33. The first-order valence-corrected chi connectivity index (χ1v) is 8.52. The zero-order valence-corrected chi connectivity index (χ0v) is 14.0. The number of hydrogen-bond donors (Lipinski definition) is 0. The van der Waals surface area contributed by atoms with Crippen LogP contribution in [0.2, 0.25) is 0 Å². The average molecular weight is 331 g/mol. The summed E-state index contributed by atoms with van der Waals surface area (Å²) in [4.78, 5) is 4.56. The quantitative estimate of drug-likeness (QED) is 0.420. The zero-order chi connectivity index (χ0) is 17.5. The monoisotopic (exact) mass is 331 g/mol. The fourth-order valence-corrected chi connectivity index (χ4v) is 3.24. The first-order valence-electron chi connectivity index (χ1n) is 8.52. The topological polar surface area (TPSA) is 26.0 Å². The van der Waals surface area contributed by atoms with Crippen molar-refractivity contribution in [3.8, 4) is 22.6 Å². The standard InChI is InChI=1S/C23H14BNO/c24-20-12-11-18-13-17(9-10-19(18)14-20)15-5-7-16(8-6-15)23-25-21-3-1-2-4-22(21)26-23/h1-14H. The van der Waals surface area contributed by atoms with Crippen LogP contribution in [0.5, 0.6) is 0 Å². The van der Waals surface area contributed by atoms with Crippen LogP contribution in [-0.4, -0.2) is 12.8 Å². The molecule has 0 N–H and O–H groups in total. The van der Waals surface area contributed by atoms with Crippen LogP contribution in [0.15, 0.2) is 89.3 Å². The van der Waals surface area contributed by atoms with Crippen molar-refractivity contribution >= 4 is 35.2 Å². The van der Waals surface area contributed by atoms with Crippen molar-refractivity contribution in [2.75, 3.05) is 0 Å². The second-order valence-electron chi connectivity index (χ2n) is 6.39. The average Bonchev–Trinajstić information content (AvgIpc) is 3.12. The highest BCUT2D eigenvalue weighted by molar-refractivity contribution is 6.33. The molecule has 4 aromatic carbocycles. The van der Waals surface area contributed by atoms with Crippen molar-refractivity contribution in [2.24, 2.45) is 0 Å². The zero-order valence-electron chi connectivity index (χ0n) is 14.0. The Bertz CT molecular complexity index is 1210. The molecule has 0 saturated heterocycles. The molecule has 0 spiro atoms. The van der Waals surface area contributed by atoms with E-state index >= 15 is 0 Å². The number of para-hydroxylation sites is 2. The summed E-state index contributed by atoms with van der Waals surface area (Å²) in [6.07, 6.45) is 0. The lowest BCUT2D eigenvalue weighted by atomic mass is 9.92. The minimum atomic E-state index is 0.645.